The second-order valence-electron chi connectivity index (χ2n) is 9.27. The summed E-state index contributed by atoms with van der Waals surface area (Å²) in [4.78, 5) is 0. The maximum atomic E-state index is 15.0. The number of rotatable bonds is 8. The topological polar surface area (TPSA) is 0 Å². The first-order valence-corrected chi connectivity index (χ1v) is 12.5. The summed E-state index contributed by atoms with van der Waals surface area (Å²) in [6, 6.07) is 21.2. The number of aryl methyl sites for hydroxylation is 1. The van der Waals surface area contributed by atoms with E-state index in [4.69, 9.17) is 0 Å². The molecule has 0 amide bonds. The molecular weight excluding hydrogens is 517 g/mol. The predicted octanol–water partition coefficient (Wildman–Crippen LogP) is 10.7. The molecule has 0 heterocycles. The Labute approximate surface area is 222 Å². The summed E-state index contributed by atoms with van der Waals surface area (Å²) in [5, 5.41) is 0. The van der Waals surface area contributed by atoms with Crippen LogP contribution in [0.2, 0.25) is 0 Å². The van der Waals surface area contributed by atoms with E-state index in [1.807, 2.05) is 24.3 Å². The van der Waals surface area contributed by atoms with E-state index >= 15 is 0 Å². The first kappa shape index (κ1) is 28.1. The lowest BCUT2D eigenvalue weighted by Gasteiger charge is -2.11. The van der Waals surface area contributed by atoms with Crippen molar-refractivity contribution in [2.45, 2.75) is 38.8 Å². The van der Waals surface area contributed by atoms with Crippen LogP contribution >= 0.6 is 0 Å². The molecule has 0 atom stereocenters. The highest BCUT2D eigenvalue weighted by Crippen LogP contribution is 2.34. The van der Waals surface area contributed by atoms with Gasteiger partial charge in [0.2, 0.25) is 0 Å². The SMILES string of the molecule is CCCCCc1ccc(-c2ccc(-c3ccc(-c4cc(F)c(C(F)=CC(F)(F)F)c(F)c4)c(F)c3)cc2)cc1. The number of hydrogen-bond donors (Lipinski definition) is 0. The van der Waals surface area contributed by atoms with E-state index in [0.29, 0.717) is 23.3 Å². The van der Waals surface area contributed by atoms with E-state index in [0.717, 1.165) is 24.0 Å². The summed E-state index contributed by atoms with van der Waals surface area (Å²) < 4.78 is 94.7. The lowest BCUT2D eigenvalue weighted by Crippen LogP contribution is -2.04. The number of halogens is 7. The van der Waals surface area contributed by atoms with Crippen LogP contribution in [0.5, 0.6) is 0 Å². The van der Waals surface area contributed by atoms with Crippen LogP contribution in [0.3, 0.4) is 0 Å². The fraction of sp³-hybridized carbons (Fsp3) is 0.188. The summed E-state index contributed by atoms with van der Waals surface area (Å²) in [5.41, 5.74) is 2.66. The van der Waals surface area contributed by atoms with Gasteiger partial charge in [0.05, 0.1) is 11.6 Å². The summed E-state index contributed by atoms with van der Waals surface area (Å²) in [6.45, 7) is 2.17. The third-order valence-electron chi connectivity index (χ3n) is 6.43. The molecule has 0 nitrogen and oxygen atoms in total. The molecule has 0 unspecified atom stereocenters. The van der Waals surface area contributed by atoms with Crippen LogP contribution in [0.4, 0.5) is 30.7 Å². The number of alkyl halides is 3. The largest absolute Gasteiger partial charge is 0.412 e. The van der Waals surface area contributed by atoms with Crippen molar-refractivity contribution in [3.8, 4) is 33.4 Å². The van der Waals surface area contributed by atoms with E-state index in [1.54, 1.807) is 6.07 Å². The molecule has 0 N–H and O–H groups in total. The van der Waals surface area contributed by atoms with Gasteiger partial charge in [-0.1, -0.05) is 80.4 Å². The fourth-order valence-corrected chi connectivity index (χ4v) is 4.40. The number of allylic oxidation sites excluding steroid dienone is 1. The summed E-state index contributed by atoms with van der Waals surface area (Å²) in [7, 11) is 0. The third kappa shape index (κ3) is 6.96. The van der Waals surface area contributed by atoms with Gasteiger partial charge in [0.15, 0.2) is 0 Å². The molecule has 4 aromatic rings. The van der Waals surface area contributed by atoms with Gasteiger partial charge in [-0.15, -0.1) is 0 Å². The van der Waals surface area contributed by atoms with Gasteiger partial charge >= 0.3 is 6.18 Å². The number of unbranched alkanes of at least 4 members (excludes halogenated alkanes) is 2. The Balaban J connectivity index is 1.54. The molecular formula is C32H25F7. The van der Waals surface area contributed by atoms with Gasteiger partial charge in [-0.05, 0) is 64.4 Å². The molecule has 0 aromatic heterocycles. The van der Waals surface area contributed by atoms with Gasteiger partial charge in [-0.2, -0.15) is 13.2 Å². The van der Waals surface area contributed by atoms with Crippen molar-refractivity contribution in [2.75, 3.05) is 0 Å². The highest BCUT2D eigenvalue weighted by Gasteiger charge is 2.28. The first-order chi connectivity index (χ1) is 18.6. The monoisotopic (exact) mass is 542 g/mol. The molecule has 0 aliphatic carbocycles. The Morgan fingerprint density at radius 2 is 1.13 bits per heavy atom. The lowest BCUT2D eigenvalue weighted by molar-refractivity contribution is -0.0798. The first-order valence-electron chi connectivity index (χ1n) is 12.5. The average molecular weight is 543 g/mol. The van der Waals surface area contributed by atoms with Crippen LogP contribution in [0, 0.1) is 17.5 Å². The molecule has 0 aliphatic heterocycles. The molecule has 39 heavy (non-hydrogen) atoms. The molecule has 4 aromatic carbocycles. The van der Waals surface area contributed by atoms with Crippen LogP contribution < -0.4 is 0 Å². The Morgan fingerprint density at radius 1 is 0.641 bits per heavy atom. The predicted molar refractivity (Wildman–Crippen MR) is 141 cm³/mol. The third-order valence-corrected chi connectivity index (χ3v) is 6.43. The van der Waals surface area contributed by atoms with E-state index in [1.165, 1.54) is 30.5 Å². The van der Waals surface area contributed by atoms with Crippen LogP contribution in [0.15, 0.2) is 84.9 Å². The number of benzene rings is 4. The van der Waals surface area contributed by atoms with E-state index in [-0.39, 0.29) is 11.1 Å². The van der Waals surface area contributed by atoms with Crippen molar-refractivity contribution in [3.05, 3.63) is 114 Å². The zero-order valence-corrected chi connectivity index (χ0v) is 21.1. The van der Waals surface area contributed by atoms with E-state index < -0.39 is 41.1 Å². The Kier molecular flexibility index (Phi) is 8.58. The second-order valence-corrected chi connectivity index (χ2v) is 9.27. The summed E-state index contributed by atoms with van der Waals surface area (Å²) >= 11 is 0. The van der Waals surface area contributed by atoms with Crippen molar-refractivity contribution in [2.24, 2.45) is 0 Å². The van der Waals surface area contributed by atoms with Crippen molar-refractivity contribution in [1.29, 1.82) is 0 Å². The quantitative estimate of drug-likeness (QED) is 0.153. The summed E-state index contributed by atoms with van der Waals surface area (Å²) in [5.74, 6) is -6.05. The van der Waals surface area contributed by atoms with E-state index in [2.05, 4.69) is 31.2 Å². The maximum absolute atomic E-state index is 15.0. The molecule has 4 rings (SSSR count). The van der Waals surface area contributed by atoms with Gasteiger partial charge < -0.3 is 0 Å². The fourth-order valence-electron chi connectivity index (χ4n) is 4.40. The van der Waals surface area contributed by atoms with Gasteiger partial charge in [-0.3, -0.25) is 0 Å². The highest BCUT2D eigenvalue weighted by molar-refractivity contribution is 5.75. The minimum absolute atomic E-state index is 0.182. The molecule has 0 spiro atoms. The lowest BCUT2D eigenvalue weighted by atomic mass is 9.96. The molecule has 0 saturated heterocycles. The Bertz CT molecular complexity index is 1440. The zero-order valence-electron chi connectivity index (χ0n) is 21.1. The molecule has 0 fully saturated rings. The van der Waals surface area contributed by atoms with Crippen LogP contribution in [0.25, 0.3) is 39.2 Å². The minimum atomic E-state index is -5.10. The normalized spacial score (nSPS) is 12.2. The van der Waals surface area contributed by atoms with Crippen molar-refractivity contribution in [1.82, 2.24) is 0 Å². The molecule has 202 valence electrons. The highest BCUT2D eigenvalue weighted by atomic mass is 19.4. The van der Waals surface area contributed by atoms with Crippen molar-refractivity contribution >= 4 is 5.83 Å². The minimum Gasteiger partial charge on any atom is -0.206 e. The van der Waals surface area contributed by atoms with Crippen LogP contribution in [0.1, 0.15) is 37.3 Å². The number of hydrogen-bond acceptors (Lipinski definition) is 0. The van der Waals surface area contributed by atoms with Crippen LogP contribution in [-0.2, 0) is 6.42 Å². The van der Waals surface area contributed by atoms with Gasteiger partial charge in [0.25, 0.3) is 0 Å². The van der Waals surface area contributed by atoms with Crippen molar-refractivity contribution < 1.29 is 30.7 Å². The Hall–Kier alpha value is -3.87. The molecule has 0 saturated carbocycles. The van der Waals surface area contributed by atoms with Gasteiger partial charge in [0.1, 0.15) is 23.3 Å². The van der Waals surface area contributed by atoms with Gasteiger partial charge in [-0.25, -0.2) is 17.6 Å². The van der Waals surface area contributed by atoms with E-state index in [9.17, 15) is 30.7 Å². The zero-order chi connectivity index (χ0) is 28.2. The standard InChI is InChI=1S/C32H25F7/c1-2-3-4-5-20-6-8-21(9-7-20)22-10-12-23(13-11-22)24-14-15-26(27(33)16-24)25-17-28(34)31(29(35)18-25)30(36)19-32(37,38)39/h6-19H,2-5H2,1H3. The molecule has 7 heteroatoms. The van der Waals surface area contributed by atoms with Crippen molar-refractivity contribution in [3.63, 3.8) is 0 Å². The maximum Gasteiger partial charge on any atom is 0.412 e. The smallest absolute Gasteiger partial charge is 0.206 e. The average Bonchev–Trinajstić information content (AvgIpc) is 2.88. The molecule has 0 radical (unpaired) electrons. The second kappa shape index (κ2) is 11.9. The van der Waals surface area contributed by atoms with Crippen LogP contribution in [-0.4, -0.2) is 6.18 Å². The molecule has 0 bridgehead atoms. The van der Waals surface area contributed by atoms with Gasteiger partial charge in [0, 0.05) is 5.56 Å². The molecule has 0 aliphatic rings. The summed E-state index contributed by atoms with van der Waals surface area (Å²) in [6.07, 6.45) is -1.35. The Morgan fingerprint density at radius 3 is 1.64 bits per heavy atom.